The molecule has 0 aromatic heterocycles. The molecule has 0 N–H and O–H groups in total. The van der Waals surface area contributed by atoms with Crippen LogP contribution in [0.1, 0.15) is 31.2 Å². The van der Waals surface area contributed by atoms with Crippen molar-refractivity contribution in [1.29, 1.82) is 0 Å². The summed E-state index contributed by atoms with van der Waals surface area (Å²) in [6.07, 6.45) is -0.812. The molecule has 0 radical (unpaired) electrons. The minimum absolute atomic E-state index is 0.258. The molecule has 0 bridgehead atoms. The normalized spacial score (nSPS) is 15.4. The third kappa shape index (κ3) is 4.34. The lowest BCUT2D eigenvalue weighted by Crippen LogP contribution is -2.25. The molecule has 0 spiro atoms. The Morgan fingerprint density at radius 2 is 1.72 bits per heavy atom. The van der Waals surface area contributed by atoms with Gasteiger partial charge in [-0.2, -0.15) is 5.01 Å². The van der Waals surface area contributed by atoms with E-state index in [-0.39, 0.29) is 11.8 Å². The van der Waals surface area contributed by atoms with Crippen molar-refractivity contribution in [3.05, 3.63) is 52.0 Å². The van der Waals surface area contributed by atoms with Crippen LogP contribution in [0.5, 0.6) is 17.2 Å². The molecule has 0 aliphatic carbocycles. The van der Waals surface area contributed by atoms with Crippen molar-refractivity contribution >= 4 is 33.7 Å². The summed E-state index contributed by atoms with van der Waals surface area (Å²) in [6, 6.07) is 10.1. The average Bonchev–Trinajstić information content (AvgIpc) is 3.13. The fourth-order valence-electron chi connectivity index (χ4n) is 2.79. The van der Waals surface area contributed by atoms with E-state index in [1.165, 1.54) is 26.0 Å². The fraction of sp³-hybridized carbons (Fsp3) is 0.250. The van der Waals surface area contributed by atoms with E-state index in [1.54, 1.807) is 43.5 Å². The van der Waals surface area contributed by atoms with Crippen LogP contribution in [0.25, 0.3) is 0 Å². The van der Waals surface area contributed by atoms with Gasteiger partial charge < -0.3 is 18.9 Å². The molecule has 0 saturated heterocycles. The summed E-state index contributed by atoms with van der Waals surface area (Å²) >= 11 is 3.44. The molecule has 0 saturated carbocycles. The number of halogens is 1. The number of hydrogen-bond acceptors (Lipinski definition) is 7. The van der Waals surface area contributed by atoms with E-state index >= 15 is 0 Å². The van der Waals surface area contributed by atoms with Crippen LogP contribution in [0.3, 0.4) is 0 Å². The molecular weight excluding hydrogens is 444 g/mol. The Bertz CT molecular complexity index is 974. The minimum Gasteiger partial charge on any atom is -0.496 e. The van der Waals surface area contributed by atoms with E-state index in [0.29, 0.717) is 32.8 Å². The van der Waals surface area contributed by atoms with Gasteiger partial charge in [-0.25, -0.2) is 0 Å². The summed E-state index contributed by atoms with van der Waals surface area (Å²) in [4.78, 5) is 23.3. The highest BCUT2D eigenvalue weighted by atomic mass is 79.9. The van der Waals surface area contributed by atoms with Crippen molar-refractivity contribution in [3.8, 4) is 17.2 Å². The predicted octanol–water partition coefficient (Wildman–Crippen LogP) is 3.63. The summed E-state index contributed by atoms with van der Waals surface area (Å²) in [6.45, 7) is 2.73. The smallest absolute Gasteiger partial charge is 0.308 e. The lowest BCUT2D eigenvalue weighted by atomic mass is 10.1. The van der Waals surface area contributed by atoms with Gasteiger partial charge in [0.25, 0.3) is 0 Å². The summed E-state index contributed by atoms with van der Waals surface area (Å²) < 4.78 is 22.5. The number of amides is 1. The van der Waals surface area contributed by atoms with E-state index in [1.807, 2.05) is 0 Å². The highest BCUT2D eigenvalue weighted by molar-refractivity contribution is 9.10. The van der Waals surface area contributed by atoms with Crippen molar-refractivity contribution in [3.63, 3.8) is 0 Å². The summed E-state index contributed by atoms with van der Waals surface area (Å²) in [5, 5.41) is 5.56. The van der Waals surface area contributed by atoms with Crippen molar-refractivity contribution in [2.75, 3.05) is 14.2 Å². The first-order chi connectivity index (χ1) is 13.8. The van der Waals surface area contributed by atoms with E-state index in [4.69, 9.17) is 18.9 Å². The third-order valence-electron chi connectivity index (χ3n) is 4.10. The fourth-order valence-corrected chi connectivity index (χ4v) is 3.32. The number of carbonyl (C=O) groups excluding carboxylic acids is 2. The minimum atomic E-state index is -0.812. The van der Waals surface area contributed by atoms with Crippen molar-refractivity contribution in [1.82, 2.24) is 5.01 Å². The van der Waals surface area contributed by atoms with Gasteiger partial charge in [0.15, 0.2) is 0 Å². The first kappa shape index (κ1) is 20.7. The van der Waals surface area contributed by atoms with E-state index in [9.17, 15) is 9.59 Å². The Hall–Kier alpha value is -3.07. The molecule has 9 heteroatoms. The Morgan fingerprint density at radius 3 is 2.28 bits per heavy atom. The number of esters is 1. The number of methoxy groups -OCH3 is 2. The van der Waals surface area contributed by atoms with E-state index in [2.05, 4.69) is 21.0 Å². The quantitative estimate of drug-likeness (QED) is 0.497. The standard InChI is InChI=1S/C20H19BrN2O6/c1-11(24)23-20(15-9-16(21)18(27-4)10-17(15)26-3)29-19(22-23)13-5-7-14(8-6-13)28-12(2)25/h5-10,20H,1-4H3. The molecule has 0 fully saturated rings. The molecule has 1 aliphatic rings. The zero-order chi connectivity index (χ0) is 21.1. The Labute approximate surface area is 176 Å². The van der Waals surface area contributed by atoms with Crippen LogP contribution in [0.4, 0.5) is 0 Å². The van der Waals surface area contributed by atoms with E-state index in [0.717, 1.165) is 0 Å². The van der Waals surface area contributed by atoms with Crippen LogP contribution in [-0.2, 0) is 14.3 Å². The predicted molar refractivity (Wildman–Crippen MR) is 108 cm³/mol. The van der Waals surface area contributed by atoms with Gasteiger partial charge in [0.2, 0.25) is 18.0 Å². The van der Waals surface area contributed by atoms with Crippen LogP contribution in [-0.4, -0.2) is 37.0 Å². The maximum Gasteiger partial charge on any atom is 0.308 e. The number of nitrogens with zero attached hydrogens (tertiary/aromatic N) is 2. The molecule has 1 heterocycles. The van der Waals surface area contributed by atoms with Crippen LogP contribution < -0.4 is 14.2 Å². The van der Waals surface area contributed by atoms with Gasteiger partial charge in [-0.15, -0.1) is 5.10 Å². The monoisotopic (exact) mass is 462 g/mol. The lowest BCUT2D eigenvalue weighted by molar-refractivity contribution is -0.135. The number of benzene rings is 2. The molecule has 152 valence electrons. The van der Waals surface area contributed by atoms with Crippen molar-refractivity contribution < 1.29 is 28.5 Å². The summed E-state index contributed by atoms with van der Waals surface area (Å²) in [7, 11) is 3.07. The van der Waals surface area contributed by atoms with Gasteiger partial charge >= 0.3 is 5.97 Å². The second-order valence-electron chi connectivity index (χ2n) is 6.09. The molecular formula is C20H19BrN2O6. The van der Waals surface area contributed by atoms with Crippen LogP contribution in [0.15, 0.2) is 46.0 Å². The molecule has 1 unspecified atom stereocenters. The largest absolute Gasteiger partial charge is 0.496 e. The molecule has 29 heavy (non-hydrogen) atoms. The topological polar surface area (TPSA) is 86.7 Å². The maximum absolute atomic E-state index is 12.2. The number of hydrazone groups is 1. The molecule has 1 amide bonds. The third-order valence-corrected chi connectivity index (χ3v) is 4.72. The second kappa shape index (κ2) is 8.52. The molecule has 2 aromatic carbocycles. The van der Waals surface area contributed by atoms with Crippen LogP contribution >= 0.6 is 15.9 Å². The first-order valence-corrected chi connectivity index (χ1v) is 9.38. The average molecular weight is 463 g/mol. The van der Waals surface area contributed by atoms with Gasteiger partial charge in [0, 0.05) is 25.5 Å². The molecule has 1 atom stereocenters. The second-order valence-corrected chi connectivity index (χ2v) is 6.94. The van der Waals surface area contributed by atoms with Gasteiger partial charge in [0.05, 0.1) is 24.3 Å². The van der Waals surface area contributed by atoms with Gasteiger partial charge in [-0.05, 0) is 46.3 Å². The summed E-state index contributed by atoms with van der Waals surface area (Å²) in [5.74, 6) is 1.03. The number of hydrogen-bond donors (Lipinski definition) is 0. The van der Waals surface area contributed by atoms with Crippen LogP contribution in [0.2, 0.25) is 0 Å². The number of rotatable bonds is 5. The van der Waals surface area contributed by atoms with Crippen LogP contribution in [0, 0.1) is 0 Å². The number of carbonyl (C=O) groups is 2. The zero-order valence-corrected chi connectivity index (χ0v) is 17.8. The molecule has 1 aliphatic heterocycles. The molecule has 3 rings (SSSR count). The van der Waals surface area contributed by atoms with E-state index < -0.39 is 12.2 Å². The maximum atomic E-state index is 12.2. The van der Waals surface area contributed by atoms with Crippen molar-refractivity contribution in [2.45, 2.75) is 20.1 Å². The van der Waals surface area contributed by atoms with Gasteiger partial charge in [-0.1, -0.05) is 0 Å². The Kier molecular flexibility index (Phi) is 6.07. The Morgan fingerprint density at radius 1 is 1.07 bits per heavy atom. The highest BCUT2D eigenvalue weighted by Crippen LogP contribution is 2.40. The van der Waals surface area contributed by atoms with Crippen molar-refractivity contribution in [2.24, 2.45) is 5.10 Å². The zero-order valence-electron chi connectivity index (χ0n) is 16.3. The first-order valence-electron chi connectivity index (χ1n) is 8.59. The number of ether oxygens (including phenoxy) is 4. The highest BCUT2D eigenvalue weighted by Gasteiger charge is 2.35. The molecule has 2 aromatic rings. The van der Waals surface area contributed by atoms with Gasteiger partial charge in [0.1, 0.15) is 17.2 Å². The lowest BCUT2D eigenvalue weighted by Gasteiger charge is -2.22. The SMILES string of the molecule is COc1cc(OC)c(C2OC(c3ccc(OC(C)=O)cc3)=NN2C(C)=O)cc1Br. The summed E-state index contributed by atoms with van der Waals surface area (Å²) in [5.41, 5.74) is 1.23. The molecule has 8 nitrogen and oxygen atoms in total. The Balaban J connectivity index is 1.94. The van der Waals surface area contributed by atoms with Gasteiger partial charge in [-0.3, -0.25) is 9.59 Å².